The van der Waals surface area contributed by atoms with Gasteiger partial charge in [0.15, 0.2) is 0 Å². The molecule has 0 saturated heterocycles. The van der Waals surface area contributed by atoms with Crippen LogP contribution in [0.15, 0.2) is 27.8 Å². The number of nitrogens with two attached hydrogens (primary N) is 1. The second kappa shape index (κ2) is 5.58. The molecule has 18 heavy (non-hydrogen) atoms. The molecule has 0 atom stereocenters. The second-order valence-corrected chi connectivity index (χ2v) is 4.20. The Morgan fingerprint density at radius 3 is 3.06 bits per heavy atom. The predicted molar refractivity (Wildman–Crippen MR) is 70.5 cm³/mol. The number of halogens is 1. The Bertz CT molecular complexity index is 567. The van der Waals surface area contributed by atoms with Gasteiger partial charge in [0.1, 0.15) is 5.75 Å². The Labute approximate surface area is 112 Å². The van der Waals surface area contributed by atoms with Crippen molar-refractivity contribution in [2.45, 2.75) is 6.92 Å². The molecule has 1 aromatic carbocycles. The lowest BCUT2D eigenvalue weighted by atomic mass is 10.2. The monoisotopic (exact) mass is 310 g/mol. The average molecular weight is 311 g/mol. The molecule has 8 heteroatoms. The minimum absolute atomic E-state index is 0.124. The van der Waals surface area contributed by atoms with E-state index < -0.39 is 0 Å². The summed E-state index contributed by atoms with van der Waals surface area (Å²) in [5.41, 5.74) is 6.31. The van der Waals surface area contributed by atoms with Crippen LogP contribution in [0, 0.1) is 0 Å². The lowest BCUT2D eigenvalue weighted by Gasteiger charge is -2.06. The molecule has 0 fully saturated rings. The smallest absolute Gasteiger partial charge is 0.263 e. The van der Waals surface area contributed by atoms with Gasteiger partial charge in [-0.3, -0.25) is 0 Å². The number of aromatic nitrogens is 4. The maximum absolute atomic E-state index is 5.50. The summed E-state index contributed by atoms with van der Waals surface area (Å²) >= 11 is 3.39. The number of hydrogen-bond donors (Lipinski definition) is 1. The van der Waals surface area contributed by atoms with E-state index in [-0.39, 0.29) is 5.95 Å². The lowest BCUT2D eigenvalue weighted by Crippen LogP contribution is -2.01. The van der Waals surface area contributed by atoms with Crippen LogP contribution in [0.4, 0.5) is 5.95 Å². The van der Waals surface area contributed by atoms with Crippen molar-refractivity contribution in [2.24, 2.45) is 5.10 Å². The van der Waals surface area contributed by atoms with E-state index >= 15 is 0 Å². The van der Waals surface area contributed by atoms with Gasteiger partial charge in [-0.2, -0.15) is 5.10 Å². The van der Waals surface area contributed by atoms with Gasteiger partial charge < -0.3 is 10.5 Å². The molecule has 0 saturated carbocycles. The quantitative estimate of drug-likeness (QED) is 0.859. The van der Waals surface area contributed by atoms with Crippen LogP contribution in [0.2, 0.25) is 0 Å². The third-order valence-electron chi connectivity index (χ3n) is 2.05. The predicted octanol–water partition coefficient (Wildman–Crippen LogP) is 1.30. The van der Waals surface area contributed by atoms with Gasteiger partial charge in [0, 0.05) is 10.0 Å². The van der Waals surface area contributed by atoms with Gasteiger partial charge in [0.05, 0.1) is 12.8 Å². The van der Waals surface area contributed by atoms with Gasteiger partial charge in [-0.25, -0.2) is 0 Å². The number of nitrogen functional groups attached to an aromatic ring is 1. The van der Waals surface area contributed by atoms with Gasteiger partial charge in [0.25, 0.3) is 5.95 Å². The maximum atomic E-state index is 5.50. The Morgan fingerprint density at radius 1 is 1.56 bits per heavy atom. The third kappa shape index (κ3) is 2.83. The van der Waals surface area contributed by atoms with E-state index in [2.05, 4.69) is 36.6 Å². The van der Waals surface area contributed by atoms with E-state index in [0.717, 1.165) is 20.6 Å². The van der Waals surface area contributed by atoms with E-state index in [4.69, 9.17) is 10.5 Å². The van der Waals surface area contributed by atoms with E-state index in [9.17, 15) is 0 Å². The van der Waals surface area contributed by atoms with E-state index in [1.54, 1.807) is 6.21 Å². The van der Waals surface area contributed by atoms with Gasteiger partial charge in [0.2, 0.25) is 0 Å². The first-order valence-electron chi connectivity index (χ1n) is 5.21. The number of hydrogen-bond acceptors (Lipinski definition) is 6. The summed E-state index contributed by atoms with van der Waals surface area (Å²) in [6.45, 7) is 2.50. The summed E-state index contributed by atoms with van der Waals surface area (Å²) < 4.78 is 6.42. The first-order valence-corrected chi connectivity index (χ1v) is 6.00. The van der Waals surface area contributed by atoms with Gasteiger partial charge in [-0.15, -0.1) is 0 Å². The van der Waals surface area contributed by atoms with Crippen molar-refractivity contribution >= 4 is 28.1 Å². The molecule has 0 amide bonds. The van der Waals surface area contributed by atoms with Gasteiger partial charge >= 0.3 is 0 Å². The molecule has 1 heterocycles. The highest BCUT2D eigenvalue weighted by Gasteiger charge is 2.03. The van der Waals surface area contributed by atoms with Crippen molar-refractivity contribution in [3.63, 3.8) is 0 Å². The highest BCUT2D eigenvalue weighted by atomic mass is 79.9. The van der Waals surface area contributed by atoms with Crippen LogP contribution in [0.5, 0.6) is 5.75 Å². The fourth-order valence-electron chi connectivity index (χ4n) is 1.30. The molecule has 0 aliphatic carbocycles. The minimum Gasteiger partial charge on any atom is -0.493 e. The van der Waals surface area contributed by atoms with Crippen molar-refractivity contribution in [2.75, 3.05) is 12.3 Å². The molecular weight excluding hydrogens is 300 g/mol. The Morgan fingerprint density at radius 2 is 2.39 bits per heavy atom. The van der Waals surface area contributed by atoms with Crippen LogP contribution in [-0.2, 0) is 0 Å². The van der Waals surface area contributed by atoms with Crippen molar-refractivity contribution in [1.29, 1.82) is 0 Å². The summed E-state index contributed by atoms with van der Waals surface area (Å²) in [4.78, 5) is 1.14. The topological polar surface area (TPSA) is 91.2 Å². The van der Waals surface area contributed by atoms with Crippen LogP contribution in [0.25, 0.3) is 0 Å². The highest BCUT2D eigenvalue weighted by molar-refractivity contribution is 9.10. The zero-order chi connectivity index (χ0) is 13.0. The Balaban J connectivity index is 2.30. The number of anilines is 1. The van der Waals surface area contributed by atoms with Crippen LogP contribution >= 0.6 is 15.9 Å². The zero-order valence-electron chi connectivity index (χ0n) is 9.62. The first kappa shape index (κ1) is 12.5. The van der Waals surface area contributed by atoms with Crippen LogP contribution < -0.4 is 10.5 Å². The molecule has 2 aromatic rings. The molecule has 0 radical (unpaired) electrons. The fourth-order valence-corrected chi connectivity index (χ4v) is 1.67. The van der Waals surface area contributed by atoms with Gasteiger partial charge in [-0.1, -0.05) is 25.8 Å². The SMILES string of the molecule is CCOc1ccc(Br)cc1C=Nn1nnnc1N. The standard InChI is InChI=1S/C10H11BrN6O/c1-2-18-9-4-3-8(11)5-7(9)6-13-17-10(12)14-15-16-17/h3-6H,2H2,1H3,(H2,12,14,16). The minimum atomic E-state index is 0.124. The summed E-state index contributed by atoms with van der Waals surface area (Å²) in [5.74, 6) is 0.857. The third-order valence-corrected chi connectivity index (χ3v) is 2.55. The van der Waals surface area contributed by atoms with Crippen LogP contribution in [0.1, 0.15) is 12.5 Å². The Hall–Kier alpha value is -1.96. The molecule has 0 unspecified atom stereocenters. The number of benzene rings is 1. The zero-order valence-corrected chi connectivity index (χ0v) is 11.2. The molecule has 0 spiro atoms. The highest BCUT2D eigenvalue weighted by Crippen LogP contribution is 2.21. The molecule has 94 valence electrons. The van der Waals surface area contributed by atoms with Crippen molar-refractivity contribution < 1.29 is 4.74 Å². The van der Waals surface area contributed by atoms with Crippen molar-refractivity contribution in [3.05, 3.63) is 28.2 Å². The summed E-state index contributed by atoms with van der Waals surface area (Å²) in [7, 11) is 0. The molecule has 7 nitrogen and oxygen atoms in total. The maximum Gasteiger partial charge on any atom is 0.263 e. The summed E-state index contributed by atoms with van der Waals surface area (Å²) in [6.07, 6.45) is 1.59. The van der Waals surface area contributed by atoms with Gasteiger partial charge in [-0.05, 0) is 35.5 Å². The summed E-state index contributed by atoms with van der Waals surface area (Å²) in [6, 6.07) is 5.64. The molecule has 0 bridgehead atoms. The van der Waals surface area contributed by atoms with E-state index in [1.807, 2.05) is 25.1 Å². The fraction of sp³-hybridized carbons (Fsp3) is 0.200. The van der Waals surface area contributed by atoms with Crippen LogP contribution in [-0.4, -0.2) is 33.1 Å². The second-order valence-electron chi connectivity index (χ2n) is 3.29. The van der Waals surface area contributed by atoms with E-state index in [1.165, 1.54) is 0 Å². The normalized spacial score (nSPS) is 11.0. The number of nitrogens with zero attached hydrogens (tertiary/aromatic N) is 5. The molecule has 2 N–H and O–H groups in total. The molecule has 0 aliphatic rings. The van der Waals surface area contributed by atoms with Crippen molar-refractivity contribution in [1.82, 2.24) is 20.3 Å². The van der Waals surface area contributed by atoms with Crippen LogP contribution in [0.3, 0.4) is 0 Å². The molecular formula is C10H11BrN6O. The Kier molecular flexibility index (Phi) is 3.88. The number of ether oxygens (including phenoxy) is 1. The number of tetrazole rings is 1. The average Bonchev–Trinajstić information content (AvgIpc) is 2.75. The summed E-state index contributed by atoms with van der Waals surface area (Å²) in [5, 5.41) is 14.6. The lowest BCUT2D eigenvalue weighted by molar-refractivity contribution is 0.339. The van der Waals surface area contributed by atoms with E-state index in [0.29, 0.717) is 6.61 Å². The largest absolute Gasteiger partial charge is 0.493 e. The molecule has 0 aliphatic heterocycles. The molecule has 1 aromatic heterocycles. The number of rotatable bonds is 4. The molecule has 2 rings (SSSR count). The first-order chi connectivity index (χ1) is 8.70. The van der Waals surface area contributed by atoms with Crippen molar-refractivity contribution in [3.8, 4) is 5.75 Å².